The zero-order chi connectivity index (χ0) is 25.3. The fraction of sp³-hybridized carbons (Fsp3) is 0.333. The zero-order valence-corrected chi connectivity index (χ0v) is 20.7. The van der Waals surface area contributed by atoms with E-state index in [0.717, 1.165) is 5.56 Å². The molecule has 0 amide bonds. The highest BCUT2D eigenvalue weighted by molar-refractivity contribution is 6.23. The number of aromatic nitrogens is 1. The summed E-state index contributed by atoms with van der Waals surface area (Å²) in [6.07, 6.45) is 2.55. The molecule has 2 aliphatic rings. The number of benzene rings is 2. The second kappa shape index (κ2) is 9.69. The van der Waals surface area contributed by atoms with Gasteiger partial charge in [-0.25, -0.2) is 0 Å². The number of allylic oxidation sites excluding steroid dienone is 2. The third-order valence-corrected chi connectivity index (χ3v) is 7.01. The van der Waals surface area contributed by atoms with Gasteiger partial charge in [0.15, 0.2) is 11.6 Å². The summed E-state index contributed by atoms with van der Waals surface area (Å²) in [5.74, 6) is 0.694. The van der Waals surface area contributed by atoms with Crippen LogP contribution in [-0.2, 0) is 17.6 Å². The molecule has 3 aromatic rings. The van der Waals surface area contributed by atoms with Gasteiger partial charge < -0.3 is 9.63 Å². The highest BCUT2D eigenvalue weighted by Gasteiger charge is 2.36. The Morgan fingerprint density at radius 2 is 1.69 bits per heavy atom. The van der Waals surface area contributed by atoms with Crippen LogP contribution in [0.15, 0.2) is 81.5 Å². The van der Waals surface area contributed by atoms with Crippen LogP contribution in [0.25, 0.3) is 0 Å². The third kappa shape index (κ3) is 4.94. The average Bonchev–Trinajstić information content (AvgIpc) is 3.26. The van der Waals surface area contributed by atoms with E-state index in [0.29, 0.717) is 72.5 Å². The van der Waals surface area contributed by atoms with Crippen molar-refractivity contribution in [1.82, 2.24) is 5.16 Å². The van der Waals surface area contributed by atoms with Crippen LogP contribution in [0.4, 0.5) is 5.69 Å². The smallest absolute Gasteiger partial charge is 0.168 e. The van der Waals surface area contributed by atoms with Gasteiger partial charge in [0.05, 0.1) is 28.2 Å². The number of para-hydroxylation sites is 1. The maximum Gasteiger partial charge on any atom is 0.168 e. The Labute approximate surface area is 210 Å². The van der Waals surface area contributed by atoms with Gasteiger partial charge >= 0.3 is 0 Å². The minimum absolute atomic E-state index is 0.0282. The number of fused-ring (bicyclic) bond motifs is 1. The van der Waals surface area contributed by atoms with Crippen LogP contribution in [0, 0.1) is 5.41 Å². The van der Waals surface area contributed by atoms with Gasteiger partial charge in [-0.1, -0.05) is 67.5 Å². The predicted molar refractivity (Wildman–Crippen MR) is 138 cm³/mol. The summed E-state index contributed by atoms with van der Waals surface area (Å²) in [6, 6.07) is 19.4. The van der Waals surface area contributed by atoms with Crippen LogP contribution in [-0.4, -0.2) is 27.5 Å². The van der Waals surface area contributed by atoms with Gasteiger partial charge in [-0.3, -0.25) is 14.6 Å². The van der Waals surface area contributed by atoms with Crippen molar-refractivity contribution >= 4 is 23.0 Å². The minimum Gasteiger partial charge on any atom is -0.511 e. The van der Waals surface area contributed by atoms with Gasteiger partial charge in [0.25, 0.3) is 0 Å². The number of hydrogen-bond acceptors (Lipinski definition) is 6. The van der Waals surface area contributed by atoms with Gasteiger partial charge in [0.1, 0.15) is 11.5 Å². The van der Waals surface area contributed by atoms with Crippen molar-refractivity contribution in [3.63, 3.8) is 0 Å². The summed E-state index contributed by atoms with van der Waals surface area (Å²) in [7, 11) is 0. The maximum absolute atomic E-state index is 13.1. The SMILES string of the molecule is CC1(C)CC(=O)C(C(CCc2noc3c2C(=O)CC(c2ccccc2)C3)=Nc2ccccc2)=C(O)C1. The molecule has 36 heavy (non-hydrogen) atoms. The normalized spacial score (nSPS) is 19.9. The lowest BCUT2D eigenvalue weighted by atomic mass is 9.75. The van der Waals surface area contributed by atoms with E-state index < -0.39 is 0 Å². The van der Waals surface area contributed by atoms with Crippen molar-refractivity contribution in [2.24, 2.45) is 10.4 Å². The van der Waals surface area contributed by atoms with Crippen molar-refractivity contribution in [2.45, 2.75) is 58.3 Å². The van der Waals surface area contributed by atoms with E-state index in [1.807, 2.05) is 74.5 Å². The molecule has 6 heteroatoms. The maximum atomic E-state index is 13.1. The number of ketones is 2. The number of aliphatic imine (C=N–C) groups is 1. The summed E-state index contributed by atoms with van der Waals surface area (Å²) < 4.78 is 5.64. The first-order valence-corrected chi connectivity index (χ1v) is 12.4. The van der Waals surface area contributed by atoms with Crippen LogP contribution in [0.5, 0.6) is 0 Å². The van der Waals surface area contributed by atoms with E-state index in [4.69, 9.17) is 9.52 Å². The monoisotopic (exact) mass is 482 g/mol. The molecule has 1 aromatic heterocycles. The molecule has 1 N–H and O–H groups in total. The Bertz CT molecular complexity index is 1350. The second-order valence-electron chi connectivity index (χ2n) is 10.5. The molecular weight excluding hydrogens is 452 g/mol. The molecule has 1 heterocycles. The van der Waals surface area contributed by atoms with Crippen LogP contribution in [0.1, 0.15) is 72.8 Å². The summed E-state index contributed by atoms with van der Waals surface area (Å²) >= 11 is 0. The molecule has 5 rings (SSSR count). The van der Waals surface area contributed by atoms with E-state index in [-0.39, 0.29) is 28.7 Å². The molecule has 0 saturated heterocycles. The fourth-order valence-electron chi connectivity index (χ4n) is 5.32. The number of carbonyl (C=O) groups is 2. The minimum atomic E-state index is -0.296. The fourth-order valence-corrected chi connectivity index (χ4v) is 5.32. The Kier molecular flexibility index (Phi) is 6.44. The van der Waals surface area contributed by atoms with Crippen LogP contribution in [0.2, 0.25) is 0 Å². The topological polar surface area (TPSA) is 92.8 Å². The highest BCUT2D eigenvalue weighted by atomic mass is 16.5. The number of hydrogen-bond donors (Lipinski definition) is 1. The Morgan fingerprint density at radius 1 is 1.00 bits per heavy atom. The molecule has 0 fully saturated rings. The molecule has 2 aliphatic carbocycles. The van der Waals surface area contributed by atoms with E-state index in [2.05, 4.69) is 5.16 Å². The van der Waals surface area contributed by atoms with Crippen LogP contribution < -0.4 is 0 Å². The van der Waals surface area contributed by atoms with Gasteiger partial charge in [-0.05, 0) is 41.9 Å². The average molecular weight is 483 g/mol. The largest absolute Gasteiger partial charge is 0.511 e. The van der Waals surface area contributed by atoms with E-state index >= 15 is 0 Å². The van der Waals surface area contributed by atoms with E-state index in [1.165, 1.54) is 0 Å². The van der Waals surface area contributed by atoms with Gasteiger partial charge in [0, 0.05) is 25.7 Å². The van der Waals surface area contributed by atoms with Crippen molar-refractivity contribution in [3.8, 4) is 0 Å². The number of aryl methyl sites for hydroxylation is 1. The standard InChI is InChI=1S/C30H30N2O4/c1-30(2)17-25(34)28(26(35)18-30)22(31-21-11-7-4-8-12-21)13-14-23-29-24(33)15-20(16-27(29)36-32-23)19-9-5-3-6-10-19/h3-12,20,34H,13-18H2,1-2H3. The Morgan fingerprint density at radius 3 is 2.39 bits per heavy atom. The van der Waals surface area contributed by atoms with Crippen LogP contribution in [0.3, 0.4) is 0 Å². The van der Waals surface area contributed by atoms with Crippen molar-refractivity contribution in [1.29, 1.82) is 0 Å². The molecular formula is C30H30N2O4. The molecule has 0 aliphatic heterocycles. The number of carbonyl (C=O) groups excluding carboxylic acids is 2. The predicted octanol–water partition coefficient (Wildman–Crippen LogP) is 6.49. The molecule has 1 unspecified atom stereocenters. The molecule has 0 radical (unpaired) electrons. The molecule has 1 atom stereocenters. The summed E-state index contributed by atoms with van der Waals surface area (Å²) in [5.41, 5.74) is 3.49. The molecule has 0 spiro atoms. The molecule has 0 saturated carbocycles. The highest BCUT2D eigenvalue weighted by Crippen LogP contribution is 2.38. The van der Waals surface area contributed by atoms with E-state index in [9.17, 15) is 14.7 Å². The first-order chi connectivity index (χ1) is 17.3. The number of rotatable bonds is 6. The lowest BCUT2D eigenvalue weighted by Crippen LogP contribution is -2.29. The number of aliphatic hydroxyl groups is 1. The number of Topliss-reactive ketones (excluding diaryl/α,β-unsaturated/α-hetero) is 2. The van der Waals surface area contributed by atoms with E-state index in [1.54, 1.807) is 0 Å². The molecule has 184 valence electrons. The van der Waals surface area contributed by atoms with Gasteiger partial charge in [-0.2, -0.15) is 0 Å². The quantitative estimate of drug-likeness (QED) is 0.405. The van der Waals surface area contributed by atoms with Gasteiger partial charge in [-0.15, -0.1) is 0 Å². The van der Waals surface area contributed by atoms with Crippen molar-refractivity contribution < 1.29 is 19.2 Å². The summed E-state index contributed by atoms with van der Waals surface area (Å²) in [4.78, 5) is 31.0. The van der Waals surface area contributed by atoms with Crippen molar-refractivity contribution in [2.75, 3.05) is 0 Å². The Balaban J connectivity index is 1.42. The van der Waals surface area contributed by atoms with Crippen molar-refractivity contribution in [3.05, 3.63) is 94.6 Å². The zero-order valence-electron chi connectivity index (χ0n) is 20.7. The third-order valence-electron chi connectivity index (χ3n) is 7.01. The molecule has 0 bridgehead atoms. The number of aliphatic hydroxyl groups excluding tert-OH is 1. The molecule has 2 aromatic carbocycles. The summed E-state index contributed by atoms with van der Waals surface area (Å²) in [5, 5.41) is 15.1. The Hall–Kier alpha value is -3.80. The first kappa shape index (κ1) is 23.9. The number of nitrogens with zero attached hydrogens (tertiary/aromatic N) is 2. The summed E-state index contributed by atoms with van der Waals surface area (Å²) in [6.45, 7) is 3.95. The van der Waals surface area contributed by atoms with Crippen LogP contribution >= 0.6 is 0 Å². The second-order valence-corrected chi connectivity index (χ2v) is 10.5. The lowest BCUT2D eigenvalue weighted by molar-refractivity contribution is -0.117. The lowest BCUT2D eigenvalue weighted by Gasteiger charge is -2.30. The first-order valence-electron chi connectivity index (χ1n) is 12.4. The molecule has 6 nitrogen and oxygen atoms in total. The van der Waals surface area contributed by atoms with Gasteiger partial charge in [0.2, 0.25) is 0 Å².